The van der Waals surface area contributed by atoms with Gasteiger partial charge in [-0.25, -0.2) is 9.78 Å². The van der Waals surface area contributed by atoms with E-state index in [2.05, 4.69) is 9.97 Å². The van der Waals surface area contributed by atoms with Gasteiger partial charge in [0.25, 0.3) is 11.1 Å². The number of fused-ring (bicyclic) bond motifs is 1. The number of nitrogens with two attached hydrogens (primary N) is 1. The lowest BCUT2D eigenvalue weighted by molar-refractivity contribution is 0.102. The van der Waals surface area contributed by atoms with Gasteiger partial charge in [0, 0.05) is 6.04 Å². The van der Waals surface area contributed by atoms with Gasteiger partial charge in [-0.2, -0.15) is 0 Å². The predicted molar refractivity (Wildman–Crippen MR) is 136 cm³/mol. The number of aryl methyl sites for hydroxylation is 2. The summed E-state index contributed by atoms with van der Waals surface area (Å²) in [6, 6.07) is 12.7. The number of thioether (sulfide) groups is 1. The fraction of sp³-hybridized carbons (Fsp3) is 0.240. The van der Waals surface area contributed by atoms with Gasteiger partial charge in [-0.3, -0.25) is 28.5 Å². The number of hydrogen-bond donors (Lipinski definition) is 2. The summed E-state index contributed by atoms with van der Waals surface area (Å²) in [4.78, 5) is 58.2. The van der Waals surface area contributed by atoms with Crippen LogP contribution in [0.15, 0.2) is 62.0 Å². The molecular weight excluding hydrogens is 466 g/mol. The Morgan fingerprint density at radius 1 is 1.14 bits per heavy atom. The quantitative estimate of drug-likeness (QED) is 0.242. The zero-order chi connectivity index (χ0) is 24.9. The summed E-state index contributed by atoms with van der Waals surface area (Å²) in [6.07, 6.45) is 1.53. The number of aromatic amines is 1. The van der Waals surface area contributed by atoms with Gasteiger partial charge in [0.1, 0.15) is 11.4 Å². The number of anilines is 1. The molecule has 2 aromatic heterocycles. The number of nitrogens with zero attached hydrogens (tertiary/aromatic N) is 3. The first-order chi connectivity index (χ1) is 16.8. The molecule has 0 bridgehead atoms. The highest BCUT2D eigenvalue weighted by atomic mass is 32.2. The third-order valence-electron chi connectivity index (χ3n) is 6.06. The van der Waals surface area contributed by atoms with Gasteiger partial charge < -0.3 is 5.73 Å². The first-order valence-electron chi connectivity index (χ1n) is 11.2. The van der Waals surface area contributed by atoms with E-state index in [-0.39, 0.29) is 28.7 Å². The average molecular weight is 490 g/mol. The number of H-pyrrole nitrogens is 1. The van der Waals surface area contributed by atoms with Crippen molar-refractivity contribution in [3.63, 3.8) is 0 Å². The molecule has 1 aliphatic rings. The zero-order valence-corrected chi connectivity index (χ0v) is 20.0. The molecular formula is C25H23N5O4S. The molecule has 10 heteroatoms. The van der Waals surface area contributed by atoms with Crippen molar-refractivity contribution in [1.82, 2.24) is 19.1 Å². The molecule has 0 unspecified atom stereocenters. The predicted octanol–water partition coefficient (Wildman–Crippen LogP) is 2.74. The lowest BCUT2D eigenvalue weighted by Crippen LogP contribution is -2.36. The standard InChI is InChI=1S/C25H23N5O4S/c1-13-7-8-14(2)18(11-13)30-23(33)16-5-3-4-6-17(16)27-25(30)35-12-19(31)20-21(26)29(15-9-10-15)24(34)28-22(20)32/h3-8,11,15H,9-10,12,26H2,1-2H3,(H,28,32,34). The number of benzene rings is 2. The van der Waals surface area contributed by atoms with Crippen molar-refractivity contribution in [3.8, 4) is 5.69 Å². The van der Waals surface area contributed by atoms with Gasteiger partial charge in [0.15, 0.2) is 10.9 Å². The van der Waals surface area contributed by atoms with Crippen molar-refractivity contribution >= 4 is 34.3 Å². The van der Waals surface area contributed by atoms with E-state index < -0.39 is 17.0 Å². The van der Waals surface area contributed by atoms with Crippen LogP contribution >= 0.6 is 11.8 Å². The highest BCUT2D eigenvalue weighted by Gasteiger charge is 2.30. The summed E-state index contributed by atoms with van der Waals surface area (Å²) < 4.78 is 2.78. The Morgan fingerprint density at radius 3 is 2.63 bits per heavy atom. The number of carbonyl (C=O) groups is 1. The maximum absolute atomic E-state index is 13.5. The molecule has 0 saturated heterocycles. The molecule has 0 aliphatic heterocycles. The van der Waals surface area contributed by atoms with E-state index in [0.29, 0.717) is 21.7 Å². The Morgan fingerprint density at radius 2 is 1.89 bits per heavy atom. The van der Waals surface area contributed by atoms with Crippen molar-refractivity contribution in [2.75, 3.05) is 11.5 Å². The van der Waals surface area contributed by atoms with Crippen molar-refractivity contribution in [2.24, 2.45) is 0 Å². The second kappa shape index (κ2) is 8.70. The molecule has 0 atom stereocenters. The Bertz CT molecular complexity index is 1680. The second-order valence-corrected chi connectivity index (χ2v) is 9.62. The molecule has 5 rings (SSSR count). The highest BCUT2D eigenvalue weighted by Crippen LogP contribution is 2.35. The van der Waals surface area contributed by atoms with Crippen LogP contribution < -0.4 is 22.5 Å². The van der Waals surface area contributed by atoms with Crippen LogP contribution in [0.4, 0.5) is 5.82 Å². The van der Waals surface area contributed by atoms with Gasteiger partial charge in [-0.05, 0) is 56.0 Å². The lowest BCUT2D eigenvalue weighted by Gasteiger charge is -2.16. The molecule has 3 N–H and O–H groups in total. The van der Waals surface area contributed by atoms with Crippen LogP contribution in [0.2, 0.25) is 0 Å². The second-order valence-electron chi connectivity index (χ2n) is 8.67. The number of nitrogens with one attached hydrogen (secondary N) is 1. The molecule has 0 spiro atoms. The van der Waals surface area contributed by atoms with Crippen molar-refractivity contribution < 1.29 is 4.79 Å². The summed E-state index contributed by atoms with van der Waals surface area (Å²) in [5, 5.41) is 0.780. The molecule has 1 fully saturated rings. The summed E-state index contributed by atoms with van der Waals surface area (Å²) in [5.74, 6) is -0.852. The normalized spacial score (nSPS) is 13.3. The van der Waals surface area contributed by atoms with Crippen molar-refractivity contribution in [3.05, 3.63) is 90.3 Å². The fourth-order valence-corrected chi connectivity index (χ4v) is 4.99. The highest BCUT2D eigenvalue weighted by molar-refractivity contribution is 7.99. The minimum Gasteiger partial charge on any atom is -0.384 e. The zero-order valence-electron chi connectivity index (χ0n) is 19.2. The van der Waals surface area contributed by atoms with Crippen LogP contribution in [0, 0.1) is 13.8 Å². The van der Waals surface area contributed by atoms with E-state index >= 15 is 0 Å². The van der Waals surface area contributed by atoms with E-state index in [9.17, 15) is 19.2 Å². The maximum atomic E-state index is 13.5. The fourth-order valence-electron chi connectivity index (χ4n) is 4.11. The molecule has 35 heavy (non-hydrogen) atoms. The number of nitrogen functional groups attached to an aromatic ring is 1. The molecule has 0 radical (unpaired) electrons. The third-order valence-corrected chi connectivity index (χ3v) is 6.99. The summed E-state index contributed by atoms with van der Waals surface area (Å²) in [5.41, 5.74) is 7.20. The van der Waals surface area contributed by atoms with E-state index in [4.69, 9.17) is 5.73 Å². The SMILES string of the molecule is Cc1ccc(C)c(-n2c(SCC(=O)c3c(N)n(C4CC4)c(=O)[nH]c3=O)nc3ccccc3c2=O)c1. The first-order valence-corrected chi connectivity index (χ1v) is 12.1. The number of carbonyl (C=O) groups excluding carboxylic acids is 1. The largest absolute Gasteiger partial charge is 0.384 e. The van der Waals surface area contributed by atoms with Gasteiger partial charge in [0.2, 0.25) is 0 Å². The Kier molecular flexibility index (Phi) is 5.68. The minimum atomic E-state index is -0.812. The van der Waals surface area contributed by atoms with Crippen LogP contribution in [0.3, 0.4) is 0 Å². The average Bonchev–Trinajstić information content (AvgIpc) is 3.64. The molecule has 1 aliphatic carbocycles. The minimum absolute atomic E-state index is 0.102. The number of ketones is 1. The van der Waals surface area contributed by atoms with E-state index in [1.54, 1.807) is 24.3 Å². The number of Topliss-reactive ketones (excluding diaryl/α,β-unsaturated/α-hetero) is 1. The molecule has 0 amide bonds. The molecule has 4 aromatic rings. The van der Waals surface area contributed by atoms with Crippen molar-refractivity contribution in [2.45, 2.75) is 37.9 Å². The topological polar surface area (TPSA) is 133 Å². The number of aromatic nitrogens is 4. The van der Waals surface area contributed by atoms with Gasteiger partial charge in [-0.15, -0.1) is 0 Å². The molecule has 9 nitrogen and oxygen atoms in total. The van der Waals surface area contributed by atoms with Crippen molar-refractivity contribution in [1.29, 1.82) is 0 Å². The summed E-state index contributed by atoms with van der Waals surface area (Å²) in [7, 11) is 0. The number of rotatable bonds is 6. The number of hydrogen-bond acceptors (Lipinski definition) is 7. The molecule has 178 valence electrons. The Labute approximate surface area is 203 Å². The van der Waals surface area contributed by atoms with E-state index in [1.165, 1.54) is 9.13 Å². The Hall–Kier alpha value is -3.92. The summed E-state index contributed by atoms with van der Waals surface area (Å²) in [6.45, 7) is 3.83. The van der Waals surface area contributed by atoms with Gasteiger partial charge >= 0.3 is 5.69 Å². The molecule has 2 heterocycles. The van der Waals surface area contributed by atoms with Crippen LogP contribution in [0.25, 0.3) is 16.6 Å². The lowest BCUT2D eigenvalue weighted by atomic mass is 10.1. The summed E-state index contributed by atoms with van der Waals surface area (Å²) >= 11 is 1.05. The monoisotopic (exact) mass is 489 g/mol. The molecule has 2 aromatic carbocycles. The first kappa shape index (κ1) is 22.9. The van der Waals surface area contributed by atoms with Gasteiger partial charge in [0.05, 0.1) is 22.3 Å². The van der Waals surface area contributed by atoms with Crippen LogP contribution in [-0.2, 0) is 0 Å². The van der Waals surface area contributed by atoms with E-state index in [0.717, 1.165) is 35.7 Å². The Balaban J connectivity index is 1.59. The van der Waals surface area contributed by atoms with Gasteiger partial charge in [-0.1, -0.05) is 36.0 Å². The maximum Gasteiger partial charge on any atom is 0.330 e. The van der Waals surface area contributed by atoms with E-state index in [1.807, 2.05) is 32.0 Å². The molecule has 1 saturated carbocycles. The smallest absolute Gasteiger partial charge is 0.330 e. The van der Waals surface area contributed by atoms with Crippen LogP contribution in [-0.4, -0.2) is 30.6 Å². The van der Waals surface area contributed by atoms with Crippen LogP contribution in [0.1, 0.15) is 40.4 Å². The van der Waals surface area contributed by atoms with Crippen LogP contribution in [0.5, 0.6) is 0 Å². The third kappa shape index (κ3) is 4.10. The number of para-hydroxylation sites is 1.